The number of rotatable bonds is 8. The minimum absolute atomic E-state index is 0.0279. The highest BCUT2D eigenvalue weighted by Gasteiger charge is 2.21. The van der Waals surface area contributed by atoms with Crippen LogP contribution in [0, 0.1) is 0 Å². The third-order valence-electron chi connectivity index (χ3n) is 4.09. The van der Waals surface area contributed by atoms with Gasteiger partial charge in [-0.3, -0.25) is 0 Å². The maximum absolute atomic E-state index is 11.6. The van der Waals surface area contributed by atoms with Crippen molar-refractivity contribution in [3.05, 3.63) is 62.6 Å². The van der Waals surface area contributed by atoms with Gasteiger partial charge in [-0.2, -0.15) is 0 Å². The van der Waals surface area contributed by atoms with Gasteiger partial charge in [0.1, 0.15) is 11.1 Å². The highest BCUT2D eigenvalue weighted by atomic mass is 35.5. The maximum Gasteiger partial charge on any atom is 0.339 e. The smallest absolute Gasteiger partial charge is 0.339 e. The lowest BCUT2D eigenvalue weighted by Crippen LogP contribution is -2.05. The summed E-state index contributed by atoms with van der Waals surface area (Å²) in [5, 5.41) is 19.2. The van der Waals surface area contributed by atoms with Crippen molar-refractivity contribution >= 4 is 40.7 Å². The molecule has 0 spiro atoms. The van der Waals surface area contributed by atoms with Crippen LogP contribution in [0.2, 0.25) is 10.0 Å². The number of ether oxygens (including phenoxy) is 2. The van der Waals surface area contributed by atoms with Gasteiger partial charge in [0.15, 0.2) is 11.5 Å². The van der Waals surface area contributed by atoms with E-state index in [4.69, 9.17) is 38.4 Å². The fourth-order valence-corrected chi connectivity index (χ4v) is 3.45. The summed E-state index contributed by atoms with van der Waals surface area (Å²) in [6.07, 6.45) is 2.21. The zero-order valence-electron chi connectivity index (χ0n) is 15.7. The lowest BCUT2D eigenvalue weighted by Gasteiger charge is -2.16. The SMILES string of the molecule is COc1c(Cl)cc(C(=CCCN)c2cc(Cl)c(OC)c(C(=O)O)c2)cc1C(=O)O. The molecule has 29 heavy (non-hydrogen) atoms. The van der Waals surface area contributed by atoms with Crippen LogP contribution in [0.25, 0.3) is 5.57 Å². The zero-order valence-corrected chi connectivity index (χ0v) is 17.2. The number of hydrogen-bond donors (Lipinski definition) is 3. The lowest BCUT2D eigenvalue weighted by molar-refractivity contribution is 0.0682. The summed E-state index contributed by atoms with van der Waals surface area (Å²) in [5.74, 6) is -2.38. The first-order chi connectivity index (χ1) is 13.7. The van der Waals surface area contributed by atoms with Crippen molar-refractivity contribution in [1.82, 2.24) is 0 Å². The number of aromatic carboxylic acids is 2. The van der Waals surface area contributed by atoms with Crippen LogP contribution in [0.3, 0.4) is 0 Å². The van der Waals surface area contributed by atoms with Crippen molar-refractivity contribution in [2.45, 2.75) is 6.42 Å². The van der Waals surface area contributed by atoms with E-state index in [1.54, 1.807) is 6.08 Å². The fourth-order valence-electron chi connectivity index (χ4n) is 2.86. The molecule has 0 aliphatic rings. The molecule has 0 fully saturated rings. The molecule has 2 aromatic rings. The second kappa shape index (κ2) is 9.65. The van der Waals surface area contributed by atoms with Crippen LogP contribution in [0.4, 0.5) is 0 Å². The van der Waals surface area contributed by atoms with Gasteiger partial charge in [0.05, 0.1) is 24.3 Å². The number of halogens is 2. The van der Waals surface area contributed by atoms with Crippen LogP contribution in [0.5, 0.6) is 11.5 Å². The maximum atomic E-state index is 11.6. The summed E-state index contributed by atoms with van der Waals surface area (Å²) in [7, 11) is 2.64. The summed E-state index contributed by atoms with van der Waals surface area (Å²) in [6.45, 7) is 0.328. The van der Waals surface area contributed by atoms with E-state index < -0.39 is 11.9 Å². The van der Waals surface area contributed by atoms with E-state index in [-0.39, 0.29) is 32.7 Å². The molecule has 4 N–H and O–H groups in total. The van der Waals surface area contributed by atoms with Crippen molar-refractivity contribution in [3.63, 3.8) is 0 Å². The summed E-state index contributed by atoms with van der Waals surface area (Å²) in [4.78, 5) is 23.3. The molecule has 0 aliphatic carbocycles. The molecule has 2 rings (SSSR count). The molecule has 0 amide bonds. The molecule has 0 bridgehead atoms. The first-order valence-corrected chi connectivity index (χ1v) is 9.13. The van der Waals surface area contributed by atoms with E-state index in [0.29, 0.717) is 29.7 Å². The molecule has 0 heterocycles. The van der Waals surface area contributed by atoms with E-state index in [1.807, 2.05) is 0 Å². The molecular weight excluding hydrogens is 421 g/mol. The predicted molar refractivity (Wildman–Crippen MR) is 111 cm³/mol. The van der Waals surface area contributed by atoms with Gasteiger partial charge in [-0.1, -0.05) is 29.3 Å². The van der Waals surface area contributed by atoms with Crippen molar-refractivity contribution < 1.29 is 29.3 Å². The predicted octanol–water partition coefficient (Wildman–Crippen LogP) is 4.19. The number of nitrogens with two attached hydrogens (primary N) is 1. The average Bonchev–Trinajstić information content (AvgIpc) is 2.67. The van der Waals surface area contributed by atoms with Crippen molar-refractivity contribution in [3.8, 4) is 11.5 Å². The first-order valence-electron chi connectivity index (χ1n) is 8.37. The Kier molecular flexibility index (Phi) is 7.50. The Labute approximate surface area is 177 Å². The summed E-state index contributed by atoms with van der Waals surface area (Å²) in [6, 6.07) is 5.86. The van der Waals surface area contributed by atoms with Gasteiger partial charge in [-0.15, -0.1) is 0 Å². The highest BCUT2D eigenvalue weighted by molar-refractivity contribution is 6.33. The number of hydrogen-bond acceptors (Lipinski definition) is 5. The molecular formula is C20H19Cl2NO6. The van der Waals surface area contributed by atoms with Crippen LogP contribution in [0.1, 0.15) is 38.3 Å². The van der Waals surface area contributed by atoms with Gasteiger partial charge >= 0.3 is 11.9 Å². The molecule has 0 aromatic heterocycles. The Morgan fingerprint density at radius 2 is 1.34 bits per heavy atom. The Balaban J connectivity index is 2.78. The van der Waals surface area contributed by atoms with Gasteiger partial charge in [0.2, 0.25) is 0 Å². The number of benzene rings is 2. The minimum Gasteiger partial charge on any atom is -0.494 e. The lowest BCUT2D eigenvalue weighted by atomic mass is 9.93. The number of carboxylic acid groups (broad SMARTS) is 2. The summed E-state index contributed by atoms with van der Waals surface area (Å²) in [5.41, 5.74) is 6.76. The first kappa shape index (κ1) is 22.5. The van der Waals surface area contributed by atoms with E-state index >= 15 is 0 Å². The van der Waals surface area contributed by atoms with Crippen LogP contribution < -0.4 is 15.2 Å². The number of methoxy groups -OCH3 is 2. The van der Waals surface area contributed by atoms with Crippen molar-refractivity contribution in [2.24, 2.45) is 5.73 Å². The van der Waals surface area contributed by atoms with Gasteiger partial charge in [-0.05, 0) is 53.9 Å². The molecule has 154 valence electrons. The number of carbonyl (C=O) groups is 2. The van der Waals surface area contributed by atoms with Crippen molar-refractivity contribution in [2.75, 3.05) is 20.8 Å². The fraction of sp³-hybridized carbons (Fsp3) is 0.200. The molecule has 0 saturated heterocycles. The Morgan fingerprint density at radius 1 is 0.931 bits per heavy atom. The molecule has 0 unspecified atom stereocenters. The summed E-state index contributed by atoms with van der Waals surface area (Å²) < 4.78 is 10.2. The third-order valence-corrected chi connectivity index (χ3v) is 4.65. The molecule has 9 heteroatoms. The monoisotopic (exact) mass is 439 g/mol. The van der Waals surface area contributed by atoms with E-state index in [2.05, 4.69) is 0 Å². The molecule has 0 atom stereocenters. The molecule has 0 saturated carbocycles. The normalized spacial score (nSPS) is 10.4. The average molecular weight is 440 g/mol. The molecule has 0 radical (unpaired) electrons. The largest absolute Gasteiger partial charge is 0.494 e. The third kappa shape index (κ3) is 4.82. The van der Waals surface area contributed by atoms with Crippen LogP contribution in [-0.4, -0.2) is 42.9 Å². The van der Waals surface area contributed by atoms with Gasteiger partial charge in [-0.25, -0.2) is 9.59 Å². The quantitative estimate of drug-likeness (QED) is 0.563. The van der Waals surface area contributed by atoms with Crippen molar-refractivity contribution in [1.29, 1.82) is 0 Å². The Bertz CT molecular complexity index is 914. The van der Waals surface area contributed by atoms with Crippen LogP contribution in [0.15, 0.2) is 30.3 Å². The van der Waals surface area contributed by atoms with E-state index in [0.717, 1.165) is 0 Å². The van der Waals surface area contributed by atoms with Crippen LogP contribution >= 0.6 is 23.2 Å². The molecule has 2 aromatic carbocycles. The number of carboxylic acids is 2. The topological polar surface area (TPSA) is 119 Å². The zero-order chi connectivity index (χ0) is 21.7. The Morgan fingerprint density at radius 3 is 1.66 bits per heavy atom. The molecule has 0 aliphatic heterocycles. The molecule has 7 nitrogen and oxygen atoms in total. The van der Waals surface area contributed by atoms with Gasteiger partial charge < -0.3 is 25.4 Å². The standard InChI is InChI=1S/C20H19Cl2NO6/c1-28-17-13(19(24)25)6-10(8-15(17)21)12(4-3-5-23)11-7-14(20(26)27)18(29-2)16(22)9-11/h4,6-9H,3,5,23H2,1-2H3,(H,24,25)(H,26,27). The minimum atomic E-state index is -1.22. The van der Waals surface area contributed by atoms with Gasteiger partial charge in [0.25, 0.3) is 0 Å². The summed E-state index contributed by atoms with van der Waals surface area (Å²) >= 11 is 12.4. The second-order valence-electron chi connectivity index (χ2n) is 5.88. The van der Waals surface area contributed by atoms with E-state index in [1.165, 1.54) is 38.5 Å². The highest BCUT2D eigenvalue weighted by Crippen LogP contribution is 2.38. The van der Waals surface area contributed by atoms with Gasteiger partial charge in [0, 0.05) is 0 Å². The van der Waals surface area contributed by atoms with E-state index in [9.17, 15) is 19.8 Å². The second-order valence-corrected chi connectivity index (χ2v) is 6.70. The van der Waals surface area contributed by atoms with Crippen LogP contribution in [-0.2, 0) is 0 Å². The Hall–Kier alpha value is -2.74.